The van der Waals surface area contributed by atoms with Crippen molar-refractivity contribution in [3.63, 3.8) is 0 Å². The third-order valence-corrected chi connectivity index (χ3v) is 7.10. The molecule has 2 N–H and O–H groups in total. The van der Waals surface area contributed by atoms with Crippen molar-refractivity contribution in [1.29, 1.82) is 0 Å². The number of nitrogens with one attached hydrogen (secondary N) is 1. The van der Waals surface area contributed by atoms with Gasteiger partial charge in [0.1, 0.15) is 18.0 Å². The molecule has 1 aromatic carbocycles. The van der Waals surface area contributed by atoms with Crippen LogP contribution < -0.4 is 10.1 Å². The fraction of sp³-hybridized carbons (Fsp3) is 0.542. The van der Waals surface area contributed by atoms with Gasteiger partial charge in [0, 0.05) is 24.9 Å². The first-order valence-corrected chi connectivity index (χ1v) is 12.1. The van der Waals surface area contributed by atoms with Crippen molar-refractivity contribution < 1.29 is 28.5 Å². The molecule has 3 atom stereocenters. The molecule has 2 aliphatic heterocycles. The van der Waals surface area contributed by atoms with Gasteiger partial charge in [0.2, 0.25) is 5.82 Å². The van der Waals surface area contributed by atoms with Crippen molar-refractivity contribution in [2.24, 2.45) is 11.8 Å². The molecule has 35 heavy (non-hydrogen) atoms. The minimum atomic E-state index is -0.745. The zero-order valence-corrected chi connectivity index (χ0v) is 20.3. The Morgan fingerprint density at radius 1 is 1.31 bits per heavy atom. The summed E-state index contributed by atoms with van der Waals surface area (Å²) in [5, 5.41) is 12.9. The average molecular weight is 507 g/mol. The summed E-state index contributed by atoms with van der Waals surface area (Å²) < 4.78 is 32.7. The number of hydrogen-bond acceptors (Lipinski definition) is 8. The van der Waals surface area contributed by atoms with E-state index < -0.39 is 11.9 Å². The average Bonchev–Trinajstić information content (AvgIpc) is 3.53. The van der Waals surface area contributed by atoms with Crippen molar-refractivity contribution in [1.82, 2.24) is 14.9 Å². The molecular formula is C24H28ClFN4O5. The first-order chi connectivity index (χ1) is 16.7. The molecule has 2 saturated heterocycles. The molecule has 3 unspecified atom stereocenters. The van der Waals surface area contributed by atoms with E-state index in [2.05, 4.69) is 15.3 Å². The number of benzene rings is 1. The molecule has 0 radical (unpaired) electrons. The van der Waals surface area contributed by atoms with Gasteiger partial charge < -0.3 is 29.5 Å². The lowest BCUT2D eigenvalue weighted by atomic mass is 9.84. The van der Waals surface area contributed by atoms with Crippen LogP contribution in [-0.4, -0.2) is 64.1 Å². The van der Waals surface area contributed by atoms with E-state index in [0.717, 1.165) is 12.8 Å². The van der Waals surface area contributed by atoms with Gasteiger partial charge in [0.15, 0.2) is 5.82 Å². The number of likely N-dealkylation sites (tertiary alicyclic amines) is 1. The molecule has 188 valence electrons. The number of nitrogens with zero attached hydrogens (tertiary/aromatic N) is 3. The van der Waals surface area contributed by atoms with Gasteiger partial charge in [-0.15, -0.1) is 0 Å². The highest BCUT2D eigenvalue weighted by Crippen LogP contribution is 2.40. The maximum Gasteiger partial charge on any atom is 0.410 e. The predicted molar refractivity (Wildman–Crippen MR) is 125 cm³/mol. The Morgan fingerprint density at radius 3 is 2.66 bits per heavy atom. The van der Waals surface area contributed by atoms with Crippen LogP contribution in [-0.2, 0) is 9.47 Å². The number of aliphatic hydroxyl groups is 1. The topological polar surface area (TPSA) is 106 Å². The van der Waals surface area contributed by atoms with Crippen LogP contribution in [0.2, 0.25) is 5.02 Å². The third kappa shape index (κ3) is 5.14. The highest BCUT2D eigenvalue weighted by atomic mass is 35.5. The molecule has 1 aromatic heterocycles. The molecule has 1 amide bonds. The standard InChI is InChI=1S/C24H28ClFN4O5/c1-13(31)14-3-4-18(17(25)7-14)29-21-19(26)22(28-12-27-21)34-20-15-8-30(9-16(20)11-33-10-15)23(32)35-24(2)5-6-24/h3-4,7,12-13,15-16,20,31H,5-6,8-11H2,1-2H3,(H,27,28,29). The minimum absolute atomic E-state index is 0.0817. The van der Waals surface area contributed by atoms with E-state index >= 15 is 4.39 Å². The summed E-state index contributed by atoms with van der Waals surface area (Å²) in [6.07, 6.45) is 1.62. The van der Waals surface area contributed by atoms with Gasteiger partial charge in [0.25, 0.3) is 5.88 Å². The summed E-state index contributed by atoms with van der Waals surface area (Å²) in [5.74, 6) is -1.29. The van der Waals surface area contributed by atoms with Crippen LogP contribution in [0.3, 0.4) is 0 Å². The van der Waals surface area contributed by atoms with E-state index in [1.165, 1.54) is 6.33 Å². The van der Waals surface area contributed by atoms with Gasteiger partial charge in [-0.25, -0.2) is 9.78 Å². The number of carbonyl (C=O) groups excluding carboxylic acids is 1. The Kier molecular flexibility index (Phi) is 6.45. The van der Waals surface area contributed by atoms with Gasteiger partial charge in [-0.1, -0.05) is 17.7 Å². The number of piperidine rings is 1. The number of anilines is 2. The predicted octanol–water partition coefficient (Wildman–Crippen LogP) is 4.08. The number of hydrogen-bond donors (Lipinski definition) is 2. The molecule has 1 aliphatic carbocycles. The van der Waals surface area contributed by atoms with E-state index in [0.29, 0.717) is 42.6 Å². The lowest BCUT2D eigenvalue weighted by Gasteiger charge is -2.46. The number of aliphatic hydroxyl groups excluding tert-OH is 1. The number of fused-ring (bicyclic) bond motifs is 2. The molecule has 3 fully saturated rings. The number of halogens is 2. The van der Waals surface area contributed by atoms with Crippen molar-refractivity contribution in [2.45, 2.75) is 44.5 Å². The zero-order chi connectivity index (χ0) is 24.7. The molecular weight excluding hydrogens is 479 g/mol. The Morgan fingerprint density at radius 2 is 2.03 bits per heavy atom. The molecule has 2 aromatic rings. The van der Waals surface area contributed by atoms with Crippen LogP contribution in [0.15, 0.2) is 24.5 Å². The first-order valence-electron chi connectivity index (χ1n) is 11.7. The van der Waals surface area contributed by atoms with Gasteiger partial charge >= 0.3 is 6.09 Å². The highest BCUT2D eigenvalue weighted by Gasteiger charge is 2.47. The van der Waals surface area contributed by atoms with E-state index in [4.69, 9.17) is 25.8 Å². The summed E-state index contributed by atoms with van der Waals surface area (Å²) in [5.41, 5.74) is 0.729. The molecule has 11 heteroatoms. The quantitative estimate of drug-likeness (QED) is 0.603. The summed E-state index contributed by atoms with van der Waals surface area (Å²) in [6, 6.07) is 4.94. The molecule has 9 nitrogen and oxygen atoms in total. The Labute approximate surface area is 207 Å². The molecule has 3 heterocycles. The number of aromatic nitrogens is 2. The van der Waals surface area contributed by atoms with Crippen LogP contribution in [0.25, 0.3) is 0 Å². The zero-order valence-electron chi connectivity index (χ0n) is 19.5. The Balaban J connectivity index is 1.29. The number of ether oxygens (including phenoxy) is 3. The third-order valence-electron chi connectivity index (χ3n) is 6.78. The second-order valence-corrected chi connectivity index (χ2v) is 10.2. The molecule has 3 aliphatic rings. The number of amides is 1. The Hall–Kier alpha value is -2.69. The summed E-state index contributed by atoms with van der Waals surface area (Å²) in [7, 11) is 0. The molecule has 1 saturated carbocycles. The maximum atomic E-state index is 15.3. The number of rotatable bonds is 6. The number of carbonyl (C=O) groups is 1. The largest absolute Gasteiger partial charge is 0.471 e. The fourth-order valence-corrected chi connectivity index (χ4v) is 4.70. The summed E-state index contributed by atoms with van der Waals surface area (Å²) >= 11 is 6.29. The van der Waals surface area contributed by atoms with E-state index in [-0.39, 0.29) is 41.3 Å². The molecule has 0 spiro atoms. The molecule has 5 rings (SSSR count). The van der Waals surface area contributed by atoms with Gasteiger partial charge in [-0.2, -0.15) is 9.37 Å². The van der Waals surface area contributed by atoms with Crippen molar-refractivity contribution >= 4 is 29.2 Å². The van der Waals surface area contributed by atoms with Gasteiger partial charge in [0.05, 0.1) is 30.0 Å². The molecule has 2 bridgehead atoms. The van der Waals surface area contributed by atoms with Crippen molar-refractivity contribution in [2.75, 3.05) is 31.6 Å². The monoisotopic (exact) mass is 506 g/mol. The van der Waals surface area contributed by atoms with Crippen molar-refractivity contribution in [3.05, 3.63) is 40.9 Å². The lowest BCUT2D eigenvalue weighted by Crippen LogP contribution is -2.59. The second kappa shape index (κ2) is 9.40. The van der Waals surface area contributed by atoms with Crippen LogP contribution in [0.5, 0.6) is 5.88 Å². The maximum absolute atomic E-state index is 15.3. The minimum Gasteiger partial charge on any atom is -0.471 e. The highest BCUT2D eigenvalue weighted by molar-refractivity contribution is 6.33. The second-order valence-electron chi connectivity index (χ2n) is 9.74. The van der Waals surface area contributed by atoms with Crippen LogP contribution in [0.1, 0.15) is 38.4 Å². The normalized spacial score (nSPS) is 25.5. The van der Waals surface area contributed by atoms with Gasteiger partial charge in [-0.05, 0) is 44.4 Å². The first kappa shape index (κ1) is 24.0. The van der Waals surface area contributed by atoms with E-state index in [9.17, 15) is 9.90 Å². The van der Waals surface area contributed by atoms with Gasteiger partial charge in [-0.3, -0.25) is 0 Å². The van der Waals surface area contributed by atoms with Crippen LogP contribution in [0.4, 0.5) is 20.7 Å². The fourth-order valence-electron chi connectivity index (χ4n) is 4.47. The van der Waals surface area contributed by atoms with Crippen LogP contribution in [0, 0.1) is 17.7 Å². The van der Waals surface area contributed by atoms with Crippen molar-refractivity contribution in [3.8, 4) is 5.88 Å². The van der Waals surface area contributed by atoms with Crippen LogP contribution >= 0.6 is 11.6 Å². The lowest BCUT2D eigenvalue weighted by molar-refractivity contribution is -0.112. The summed E-state index contributed by atoms with van der Waals surface area (Å²) in [4.78, 5) is 22.3. The SMILES string of the molecule is CC(O)c1ccc(Nc2ncnc(OC3C4COCC3CN(C(=O)OC3(C)CC3)C4)c2F)c(Cl)c1. The Bertz CT molecular complexity index is 1100. The van der Waals surface area contributed by atoms with E-state index in [1.54, 1.807) is 30.0 Å². The summed E-state index contributed by atoms with van der Waals surface area (Å²) in [6.45, 7) is 5.16. The smallest absolute Gasteiger partial charge is 0.410 e. The van der Waals surface area contributed by atoms with E-state index in [1.807, 2.05) is 6.92 Å².